The van der Waals surface area contributed by atoms with Gasteiger partial charge in [-0.25, -0.2) is 0 Å². The highest BCUT2D eigenvalue weighted by Crippen LogP contribution is 2.37. The third-order valence-electron chi connectivity index (χ3n) is 3.46. The number of hydrogen-bond acceptors (Lipinski definition) is 2. The molecule has 0 aromatic heterocycles. The summed E-state index contributed by atoms with van der Waals surface area (Å²) in [4.78, 5) is 11.6. The first-order chi connectivity index (χ1) is 12.2. The van der Waals surface area contributed by atoms with Crippen LogP contribution in [0.3, 0.4) is 0 Å². The number of nitrogens with two attached hydrogens (primary N) is 1. The first-order valence-electron chi connectivity index (χ1n) is 7.28. The predicted molar refractivity (Wildman–Crippen MR) is 96.3 cm³/mol. The van der Waals surface area contributed by atoms with E-state index in [1.807, 2.05) is 0 Å². The van der Waals surface area contributed by atoms with Gasteiger partial charge in [0.15, 0.2) is 0 Å². The molecule has 0 aliphatic heterocycles. The third-order valence-corrected chi connectivity index (χ3v) is 3.99. The quantitative estimate of drug-likeness (QED) is 0.436. The molecule has 2 N–H and O–H groups in total. The van der Waals surface area contributed by atoms with Crippen molar-refractivity contribution in [2.24, 2.45) is 5.73 Å². The van der Waals surface area contributed by atoms with E-state index in [-0.39, 0.29) is 16.7 Å². The van der Waals surface area contributed by atoms with E-state index in [2.05, 4.69) is 15.9 Å². The zero-order valence-electron chi connectivity index (χ0n) is 13.2. The molecular weight excluding hydrogens is 409 g/mol. The van der Waals surface area contributed by atoms with Crippen LogP contribution >= 0.6 is 15.9 Å². The smallest absolute Gasteiger partial charge is 0.365 e. The fourth-order valence-corrected chi connectivity index (χ4v) is 2.53. The van der Waals surface area contributed by atoms with Crippen molar-refractivity contribution in [1.29, 1.82) is 5.26 Å². The SMILES string of the molecule is N#C/C(C(N)=O)=C(/C=C(\c1ccc(Br)cc1)C(F)(F)F)c1ccccc1. The maximum Gasteiger partial charge on any atom is 0.417 e. The molecule has 0 spiro atoms. The molecule has 0 bridgehead atoms. The number of primary amides is 1. The van der Waals surface area contributed by atoms with Crippen LogP contribution in [-0.4, -0.2) is 12.1 Å². The van der Waals surface area contributed by atoms with Crippen LogP contribution in [0, 0.1) is 11.3 Å². The van der Waals surface area contributed by atoms with Crippen LogP contribution in [0.4, 0.5) is 13.2 Å². The summed E-state index contributed by atoms with van der Waals surface area (Å²) in [5.41, 5.74) is 3.65. The maximum absolute atomic E-state index is 13.6. The summed E-state index contributed by atoms with van der Waals surface area (Å²) in [6.07, 6.45) is -3.92. The number of nitrogens with zero attached hydrogens (tertiary/aromatic N) is 1. The van der Waals surface area contributed by atoms with Crippen molar-refractivity contribution < 1.29 is 18.0 Å². The molecule has 2 aromatic rings. The van der Waals surface area contributed by atoms with Crippen molar-refractivity contribution in [3.05, 3.63) is 81.8 Å². The van der Waals surface area contributed by atoms with Crippen molar-refractivity contribution in [3.8, 4) is 6.07 Å². The summed E-state index contributed by atoms with van der Waals surface area (Å²) in [6.45, 7) is 0. The Morgan fingerprint density at radius 3 is 2.08 bits per heavy atom. The summed E-state index contributed by atoms with van der Waals surface area (Å²) in [6, 6.07) is 15.0. The average Bonchev–Trinajstić information content (AvgIpc) is 2.59. The van der Waals surface area contributed by atoms with Crippen molar-refractivity contribution >= 4 is 33.0 Å². The zero-order valence-corrected chi connectivity index (χ0v) is 14.8. The Hall–Kier alpha value is -2.85. The van der Waals surface area contributed by atoms with Crippen molar-refractivity contribution in [2.45, 2.75) is 6.18 Å². The molecule has 132 valence electrons. The molecule has 0 radical (unpaired) electrons. The lowest BCUT2D eigenvalue weighted by Gasteiger charge is -2.14. The van der Waals surface area contributed by atoms with Crippen LogP contribution < -0.4 is 5.73 Å². The number of halogens is 4. The number of amides is 1. The summed E-state index contributed by atoms with van der Waals surface area (Å²) in [5.74, 6) is -1.10. The molecule has 0 aliphatic rings. The largest absolute Gasteiger partial charge is 0.417 e. The minimum absolute atomic E-state index is 0.101. The van der Waals surface area contributed by atoms with E-state index < -0.39 is 23.2 Å². The Bertz CT molecular complexity index is 909. The van der Waals surface area contributed by atoms with E-state index >= 15 is 0 Å². The number of allylic oxidation sites excluding steroid dienone is 3. The highest BCUT2D eigenvalue weighted by atomic mass is 79.9. The minimum atomic E-state index is -4.70. The van der Waals surface area contributed by atoms with E-state index in [1.54, 1.807) is 24.3 Å². The second-order valence-corrected chi connectivity index (χ2v) is 6.11. The van der Waals surface area contributed by atoms with Crippen LogP contribution in [-0.2, 0) is 4.79 Å². The number of benzene rings is 2. The zero-order chi connectivity index (χ0) is 19.3. The second-order valence-electron chi connectivity index (χ2n) is 5.19. The molecular formula is C19H12BrF3N2O. The Morgan fingerprint density at radius 2 is 1.62 bits per heavy atom. The van der Waals surface area contributed by atoms with Gasteiger partial charge in [0.2, 0.25) is 0 Å². The Labute approximate surface area is 156 Å². The molecule has 0 heterocycles. The molecule has 26 heavy (non-hydrogen) atoms. The second kappa shape index (κ2) is 8.02. The van der Waals surface area contributed by atoms with Crippen molar-refractivity contribution in [3.63, 3.8) is 0 Å². The lowest BCUT2D eigenvalue weighted by Crippen LogP contribution is -2.15. The molecule has 1 amide bonds. The topological polar surface area (TPSA) is 66.9 Å². The van der Waals surface area contributed by atoms with Crippen molar-refractivity contribution in [1.82, 2.24) is 0 Å². The lowest BCUT2D eigenvalue weighted by atomic mass is 9.95. The number of carbonyl (C=O) groups excluding carboxylic acids is 1. The molecule has 0 saturated heterocycles. The fraction of sp³-hybridized carbons (Fsp3) is 0.0526. The number of nitriles is 1. The van der Waals surface area contributed by atoms with Gasteiger partial charge in [-0.1, -0.05) is 58.4 Å². The lowest BCUT2D eigenvalue weighted by molar-refractivity contribution is -0.114. The normalized spacial score (nSPS) is 13.0. The summed E-state index contributed by atoms with van der Waals surface area (Å²) in [5, 5.41) is 9.23. The number of alkyl halides is 3. The van der Waals surface area contributed by atoms with Crippen LogP contribution in [0.25, 0.3) is 11.1 Å². The first-order valence-corrected chi connectivity index (χ1v) is 8.07. The van der Waals surface area contributed by atoms with Gasteiger partial charge in [0.25, 0.3) is 5.91 Å². The van der Waals surface area contributed by atoms with Crippen molar-refractivity contribution in [2.75, 3.05) is 0 Å². The molecule has 0 saturated carbocycles. The monoisotopic (exact) mass is 420 g/mol. The standard InChI is InChI=1S/C19H12BrF3N2O/c20-14-8-6-13(7-9-14)17(19(21,22)23)10-15(16(11-24)18(25)26)12-4-2-1-3-5-12/h1-10H,(H2,25,26)/b16-15+,17-10+. The van der Waals surface area contributed by atoms with Gasteiger partial charge in [-0.15, -0.1) is 0 Å². The van der Waals surface area contributed by atoms with Gasteiger partial charge in [0.1, 0.15) is 11.6 Å². The molecule has 2 rings (SSSR count). The third kappa shape index (κ3) is 4.61. The van der Waals surface area contributed by atoms with Gasteiger partial charge < -0.3 is 5.73 Å². The van der Waals surface area contributed by atoms with Gasteiger partial charge in [0.05, 0.1) is 5.57 Å². The first kappa shape index (κ1) is 19.5. The van der Waals surface area contributed by atoms with Crippen LogP contribution in [0.1, 0.15) is 11.1 Å². The highest BCUT2D eigenvalue weighted by molar-refractivity contribution is 9.10. The van der Waals surface area contributed by atoms with E-state index in [1.165, 1.54) is 36.4 Å². The average molecular weight is 421 g/mol. The van der Waals surface area contributed by atoms with Gasteiger partial charge in [-0.3, -0.25) is 4.79 Å². The van der Waals surface area contributed by atoms with E-state index in [4.69, 9.17) is 5.73 Å². The number of carbonyl (C=O) groups is 1. The highest BCUT2D eigenvalue weighted by Gasteiger charge is 2.35. The molecule has 0 atom stereocenters. The Balaban J connectivity index is 2.79. The predicted octanol–water partition coefficient (Wildman–Crippen LogP) is 4.86. The van der Waals surface area contributed by atoms with Crippen LogP contribution in [0.5, 0.6) is 0 Å². The van der Waals surface area contributed by atoms with Crippen LogP contribution in [0.2, 0.25) is 0 Å². The van der Waals surface area contributed by atoms with E-state index in [0.717, 1.165) is 6.08 Å². The van der Waals surface area contributed by atoms with Gasteiger partial charge in [0, 0.05) is 10.0 Å². The Kier molecular flexibility index (Phi) is 6.01. The van der Waals surface area contributed by atoms with Gasteiger partial charge in [-0.2, -0.15) is 18.4 Å². The molecule has 0 unspecified atom stereocenters. The van der Waals surface area contributed by atoms with Gasteiger partial charge >= 0.3 is 6.18 Å². The molecule has 3 nitrogen and oxygen atoms in total. The summed E-state index contributed by atoms with van der Waals surface area (Å²) >= 11 is 3.17. The molecule has 0 fully saturated rings. The van der Waals surface area contributed by atoms with Crippen LogP contribution in [0.15, 0.2) is 70.7 Å². The summed E-state index contributed by atoms with van der Waals surface area (Å²) < 4.78 is 41.6. The molecule has 2 aromatic carbocycles. The fourth-order valence-electron chi connectivity index (χ4n) is 2.27. The van der Waals surface area contributed by atoms with Gasteiger partial charge in [-0.05, 0) is 29.3 Å². The minimum Gasteiger partial charge on any atom is -0.365 e. The van der Waals surface area contributed by atoms with E-state index in [9.17, 15) is 23.2 Å². The Morgan fingerprint density at radius 1 is 1.04 bits per heavy atom. The number of hydrogen-bond donors (Lipinski definition) is 1. The maximum atomic E-state index is 13.6. The van der Waals surface area contributed by atoms with E-state index in [0.29, 0.717) is 4.47 Å². The number of rotatable bonds is 4. The molecule has 7 heteroatoms. The summed E-state index contributed by atoms with van der Waals surface area (Å²) in [7, 11) is 0. The molecule has 0 aliphatic carbocycles.